The molecule has 0 aliphatic heterocycles. The van der Waals surface area contributed by atoms with Crippen molar-refractivity contribution in [3.05, 3.63) is 51.7 Å². The molecule has 0 aliphatic rings. The Bertz CT molecular complexity index is 1890. The molecule has 0 saturated heterocycles. The number of fused-ring (bicyclic) bond motifs is 1. The molecule has 0 spiro atoms. The molecule has 3 heterocycles. The summed E-state index contributed by atoms with van der Waals surface area (Å²) in [6, 6.07) is 10.2. The molecule has 0 saturated carbocycles. The van der Waals surface area contributed by atoms with Gasteiger partial charge in [0.15, 0.2) is 16.3 Å². The lowest BCUT2D eigenvalue weighted by Crippen LogP contribution is -2.29. The number of hydrogen-bond donors (Lipinski definition) is 4. The Hall–Kier alpha value is -4.97. The second-order valence-corrected chi connectivity index (χ2v) is 11.4. The van der Waals surface area contributed by atoms with Crippen molar-refractivity contribution in [2.75, 3.05) is 12.3 Å². The summed E-state index contributed by atoms with van der Waals surface area (Å²) in [5.41, 5.74) is 1.38. The summed E-state index contributed by atoms with van der Waals surface area (Å²) in [6.07, 6.45) is -0.412. The number of nitrogens with one attached hydrogen (secondary N) is 2. The highest BCUT2D eigenvalue weighted by atomic mass is 32.2. The summed E-state index contributed by atoms with van der Waals surface area (Å²) < 4.78 is 31.8. The van der Waals surface area contributed by atoms with Gasteiger partial charge in [-0.3, -0.25) is 9.35 Å². The van der Waals surface area contributed by atoms with Crippen molar-refractivity contribution >= 4 is 49.7 Å². The van der Waals surface area contributed by atoms with E-state index < -0.39 is 40.1 Å². The number of thiophene rings is 1. The van der Waals surface area contributed by atoms with Crippen LogP contribution in [0.2, 0.25) is 0 Å². The first-order valence-corrected chi connectivity index (χ1v) is 14.2. The molecule has 0 aliphatic carbocycles. The van der Waals surface area contributed by atoms with Gasteiger partial charge in [-0.2, -0.15) is 18.9 Å². The number of carboxylic acid groups (broad SMARTS) is 1. The van der Waals surface area contributed by atoms with E-state index in [1.807, 2.05) is 12.1 Å². The number of nitriles is 2. The first kappa shape index (κ1) is 29.0. The van der Waals surface area contributed by atoms with E-state index in [-0.39, 0.29) is 45.3 Å². The van der Waals surface area contributed by atoms with Crippen LogP contribution in [-0.2, 0) is 14.9 Å². The number of aromatic carboxylic acids is 1. The van der Waals surface area contributed by atoms with Crippen molar-refractivity contribution in [3.63, 3.8) is 0 Å². The van der Waals surface area contributed by atoms with Gasteiger partial charge in [0.05, 0.1) is 16.9 Å². The molecule has 1 atom stereocenters. The summed E-state index contributed by atoms with van der Waals surface area (Å²) in [5, 5.41) is 48.8. The molecule has 0 radical (unpaired) electrons. The van der Waals surface area contributed by atoms with Crippen molar-refractivity contribution in [1.82, 2.24) is 25.1 Å². The third kappa shape index (κ3) is 6.28. The highest BCUT2D eigenvalue weighted by Crippen LogP contribution is 2.39. The zero-order valence-electron chi connectivity index (χ0n) is 21.5. The van der Waals surface area contributed by atoms with E-state index in [1.165, 1.54) is 10.7 Å². The number of carbonyl (C=O) groups excluding carboxylic acids is 1. The minimum absolute atomic E-state index is 0.0395. The molecule has 41 heavy (non-hydrogen) atoms. The van der Waals surface area contributed by atoms with Crippen molar-refractivity contribution in [3.8, 4) is 23.4 Å². The zero-order valence-corrected chi connectivity index (χ0v) is 23.1. The van der Waals surface area contributed by atoms with E-state index in [4.69, 9.17) is 4.55 Å². The molecule has 4 rings (SSSR count). The molecule has 4 aromatic rings. The Balaban J connectivity index is 1.74. The molecule has 1 unspecified atom stereocenters. The highest BCUT2D eigenvalue weighted by Gasteiger charge is 2.24. The van der Waals surface area contributed by atoms with Crippen LogP contribution in [0.5, 0.6) is 0 Å². The molecule has 4 N–H and O–H groups in total. The van der Waals surface area contributed by atoms with E-state index in [1.54, 1.807) is 32.0 Å². The monoisotopic (exact) mass is 595 g/mol. The first-order valence-electron chi connectivity index (χ1n) is 11.8. The van der Waals surface area contributed by atoms with Gasteiger partial charge in [0.25, 0.3) is 10.1 Å². The number of H-pyrrole nitrogens is 1. The predicted octanol–water partition coefficient (Wildman–Crippen LogP) is 3.45. The van der Waals surface area contributed by atoms with Gasteiger partial charge < -0.3 is 15.4 Å². The zero-order chi connectivity index (χ0) is 29.9. The van der Waals surface area contributed by atoms with Crippen molar-refractivity contribution in [2.45, 2.75) is 26.2 Å². The van der Waals surface area contributed by atoms with Crippen LogP contribution in [0.1, 0.15) is 51.4 Å². The minimum atomic E-state index is -4.27. The summed E-state index contributed by atoms with van der Waals surface area (Å²) in [5.74, 6) is -2.51. The van der Waals surface area contributed by atoms with Gasteiger partial charge in [0, 0.05) is 24.4 Å². The first-order chi connectivity index (χ1) is 19.4. The predicted molar refractivity (Wildman–Crippen MR) is 145 cm³/mol. The smallest absolute Gasteiger partial charge is 0.336 e. The van der Waals surface area contributed by atoms with Gasteiger partial charge in [-0.15, -0.1) is 36.4 Å². The van der Waals surface area contributed by atoms with Gasteiger partial charge in [-0.25, -0.2) is 4.79 Å². The van der Waals surface area contributed by atoms with Crippen molar-refractivity contribution in [2.24, 2.45) is 10.2 Å². The largest absolute Gasteiger partial charge is 0.478 e. The summed E-state index contributed by atoms with van der Waals surface area (Å²) >= 11 is 0.988. The van der Waals surface area contributed by atoms with E-state index in [2.05, 4.69) is 30.7 Å². The van der Waals surface area contributed by atoms with Crippen LogP contribution in [0.15, 0.2) is 34.5 Å². The lowest BCUT2D eigenvalue weighted by atomic mass is 10.0. The standard InChI is InChI=1S/C24H21N9O6S2/c1-12(11-27-18(34)7-8-41(37,38)39)21-28-22-20(29-30-23-16(9-25)13(2)17(10-26)40-23)19(31-33(22)32-21)14-5-3-4-6-15(14)24(35)36/h3-6,12H,7-8,11H2,1-2H3,(H,27,34)(H,28,32)(H,35,36)(H,37,38,39)/b30-29+. The molecule has 1 amide bonds. The maximum atomic E-state index is 12.0. The Morgan fingerprint density at radius 2 is 1.95 bits per heavy atom. The molecular weight excluding hydrogens is 574 g/mol. The average molecular weight is 596 g/mol. The number of azo groups is 1. The van der Waals surface area contributed by atoms with Crippen LogP contribution in [-0.4, -0.2) is 62.1 Å². The molecule has 0 fully saturated rings. The normalized spacial score (nSPS) is 12.3. The van der Waals surface area contributed by atoms with Crippen LogP contribution in [0.4, 0.5) is 10.7 Å². The quantitative estimate of drug-likeness (QED) is 0.154. The van der Waals surface area contributed by atoms with Crippen LogP contribution in [0.25, 0.3) is 16.9 Å². The van der Waals surface area contributed by atoms with Crippen molar-refractivity contribution < 1.29 is 27.7 Å². The Kier molecular flexibility index (Phi) is 8.24. The van der Waals surface area contributed by atoms with Gasteiger partial charge in [-0.05, 0) is 18.6 Å². The number of nitrogens with zero attached hydrogens (tertiary/aromatic N) is 7. The van der Waals surface area contributed by atoms with E-state index in [0.29, 0.717) is 16.3 Å². The van der Waals surface area contributed by atoms with Gasteiger partial charge in [0.2, 0.25) is 5.91 Å². The number of carbonyl (C=O) groups is 2. The average Bonchev–Trinajstić information content (AvgIpc) is 3.59. The number of aromatic amines is 1. The minimum Gasteiger partial charge on any atom is -0.478 e. The number of carboxylic acids is 1. The number of benzene rings is 1. The number of amides is 1. The molecule has 17 heteroatoms. The fraction of sp³-hybridized carbons (Fsp3) is 0.250. The van der Waals surface area contributed by atoms with E-state index in [9.17, 15) is 33.6 Å². The van der Waals surface area contributed by atoms with Crippen LogP contribution in [0.3, 0.4) is 0 Å². The van der Waals surface area contributed by atoms with Crippen LogP contribution in [0, 0.1) is 29.6 Å². The topological polar surface area (TPSA) is 239 Å². The van der Waals surface area contributed by atoms with Crippen molar-refractivity contribution in [1.29, 1.82) is 10.5 Å². The van der Waals surface area contributed by atoms with E-state index in [0.717, 1.165) is 11.3 Å². The molecular formula is C24H21N9O6S2. The molecule has 1 aromatic carbocycles. The summed E-state index contributed by atoms with van der Waals surface area (Å²) in [7, 11) is -4.27. The lowest BCUT2D eigenvalue weighted by Gasteiger charge is -2.09. The highest BCUT2D eigenvalue weighted by molar-refractivity contribution is 7.85. The van der Waals surface area contributed by atoms with E-state index >= 15 is 0 Å². The maximum Gasteiger partial charge on any atom is 0.336 e. The third-order valence-corrected chi connectivity index (χ3v) is 7.75. The summed E-state index contributed by atoms with van der Waals surface area (Å²) in [4.78, 5) is 27.2. The molecule has 0 bridgehead atoms. The number of rotatable bonds is 10. The Morgan fingerprint density at radius 1 is 1.22 bits per heavy atom. The Labute approximate surface area is 236 Å². The third-order valence-electron chi connectivity index (χ3n) is 5.95. The second kappa shape index (κ2) is 11.6. The lowest BCUT2D eigenvalue weighted by molar-refractivity contribution is -0.120. The van der Waals surface area contributed by atoms with Gasteiger partial charge >= 0.3 is 5.97 Å². The number of hydrogen-bond acceptors (Lipinski definition) is 11. The van der Waals surface area contributed by atoms with Crippen LogP contribution >= 0.6 is 11.3 Å². The second-order valence-electron chi connectivity index (χ2n) is 8.80. The summed E-state index contributed by atoms with van der Waals surface area (Å²) in [6.45, 7) is 3.44. The SMILES string of the molecule is Cc1c(C#N)sc(/N=N/c2c(-c3ccccc3C(=O)O)nn3nc(C(C)CNC(=O)CCS(=O)(=O)O)[nH]c23)c1C#N. The van der Waals surface area contributed by atoms with Gasteiger partial charge in [0.1, 0.15) is 28.5 Å². The molecule has 210 valence electrons. The molecule has 15 nitrogen and oxygen atoms in total. The fourth-order valence-corrected chi connectivity index (χ4v) is 5.10. The molecule has 3 aromatic heterocycles. The Morgan fingerprint density at radius 3 is 2.61 bits per heavy atom. The maximum absolute atomic E-state index is 12.0. The van der Waals surface area contributed by atoms with Gasteiger partial charge in [-0.1, -0.05) is 25.1 Å². The number of aromatic nitrogens is 4. The van der Waals surface area contributed by atoms with Crippen LogP contribution < -0.4 is 5.32 Å². The fourth-order valence-electron chi connectivity index (χ4n) is 3.78.